The lowest BCUT2D eigenvalue weighted by Crippen LogP contribution is -2.30. The van der Waals surface area contributed by atoms with Gasteiger partial charge in [0.25, 0.3) is 0 Å². The maximum Gasteiger partial charge on any atom is 0.230 e. The van der Waals surface area contributed by atoms with Crippen LogP contribution in [0, 0.1) is 5.92 Å². The summed E-state index contributed by atoms with van der Waals surface area (Å²) >= 11 is 0. The zero-order chi connectivity index (χ0) is 9.84. The van der Waals surface area contributed by atoms with Crippen LogP contribution < -0.4 is 0 Å². The van der Waals surface area contributed by atoms with E-state index in [0.717, 1.165) is 19.4 Å². The summed E-state index contributed by atoms with van der Waals surface area (Å²) in [5.41, 5.74) is 0. The first kappa shape index (κ1) is 10.2. The average molecular weight is 183 g/mol. The van der Waals surface area contributed by atoms with E-state index in [2.05, 4.69) is 13.8 Å². The molecule has 0 N–H and O–H groups in total. The summed E-state index contributed by atoms with van der Waals surface area (Å²) in [5.74, 6) is 0.628. The highest BCUT2D eigenvalue weighted by molar-refractivity contribution is 6.05. The Hall–Kier alpha value is -0.860. The van der Waals surface area contributed by atoms with Crippen LogP contribution in [0.5, 0.6) is 0 Å². The SMILES string of the molecule is CCC(CC)CN1CC(=O)CC1=O. The molecule has 1 fully saturated rings. The summed E-state index contributed by atoms with van der Waals surface area (Å²) in [6, 6.07) is 0. The highest BCUT2D eigenvalue weighted by Gasteiger charge is 2.28. The molecule has 0 bridgehead atoms. The smallest absolute Gasteiger partial charge is 0.230 e. The number of nitrogens with zero attached hydrogens (tertiary/aromatic N) is 1. The maximum atomic E-state index is 11.3. The van der Waals surface area contributed by atoms with Crippen molar-refractivity contribution < 1.29 is 9.59 Å². The van der Waals surface area contributed by atoms with E-state index in [0.29, 0.717) is 12.5 Å². The lowest BCUT2D eigenvalue weighted by Gasteiger charge is -2.20. The summed E-state index contributed by atoms with van der Waals surface area (Å²) in [6.07, 6.45) is 2.28. The summed E-state index contributed by atoms with van der Waals surface area (Å²) in [5, 5.41) is 0. The number of ketones is 1. The summed E-state index contributed by atoms with van der Waals surface area (Å²) < 4.78 is 0. The van der Waals surface area contributed by atoms with Crippen molar-refractivity contribution in [2.24, 2.45) is 5.92 Å². The number of hydrogen-bond acceptors (Lipinski definition) is 2. The van der Waals surface area contributed by atoms with Gasteiger partial charge in [0.15, 0.2) is 5.78 Å². The van der Waals surface area contributed by atoms with Gasteiger partial charge in [-0.2, -0.15) is 0 Å². The van der Waals surface area contributed by atoms with Crippen molar-refractivity contribution in [1.29, 1.82) is 0 Å². The normalized spacial score (nSPS) is 17.6. The van der Waals surface area contributed by atoms with E-state index < -0.39 is 0 Å². The average Bonchev–Trinajstić information content (AvgIpc) is 2.41. The summed E-state index contributed by atoms with van der Waals surface area (Å²) in [4.78, 5) is 23.9. The van der Waals surface area contributed by atoms with Crippen LogP contribution in [0.15, 0.2) is 0 Å². The molecule has 0 saturated carbocycles. The Morgan fingerprint density at radius 3 is 2.31 bits per heavy atom. The molecule has 1 saturated heterocycles. The number of Topliss-reactive ketones (excluding diaryl/α,β-unsaturated/α-hetero) is 1. The second-order valence-corrected chi connectivity index (χ2v) is 3.67. The van der Waals surface area contributed by atoms with Gasteiger partial charge >= 0.3 is 0 Å². The molecule has 0 aromatic carbocycles. The highest BCUT2D eigenvalue weighted by Crippen LogP contribution is 2.14. The molecule has 1 rings (SSSR count). The predicted octanol–water partition coefficient (Wildman–Crippen LogP) is 1.22. The van der Waals surface area contributed by atoms with Gasteiger partial charge in [0.1, 0.15) is 0 Å². The van der Waals surface area contributed by atoms with Gasteiger partial charge in [-0.05, 0) is 5.92 Å². The summed E-state index contributed by atoms with van der Waals surface area (Å²) in [6.45, 7) is 5.35. The van der Waals surface area contributed by atoms with Crippen molar-refractivity contribution in [2.75, 3.05) is 13.1 Å². The molecule has 74 valence electrons. The van der Waals surface area contributed by atoms with Crippen LogP contribution in [-0.4, -0.2) is 29.7 Å². The molecule has 1 amide bonds. The molecular formula is C10H17NO2. The first-order valence-corrected chi connectivity index (χ1v) is 4.96. The monoisotopic (exact) mass is 183 g/mol. The van der Waals surface area contributed by atoms with Gasteiger partial charge in [0.2, 0.25) is 5.91 Å². The van der Waals surface area contributed by atoms with Crippen molar-refractivity contribution in [3.8, 4) is 0 Å². The number of amides is 1. The van der Waals surface area contributed by atoms with E-state index in [1.165, 1.54) is 0 Å². The molecule has 0 aliphatic carbocycles. The Kier molecular flexibility index (Phi) is 3.46. The zero-order valence-electron chi connectivity index (χ0n) is 8.38. The minimum absolute atomic E-state index is 0.0110. The number of likely N-dealkylation sites (tertiary alicyclic amines) is 1. The third-order valence-electron chi connectivity index (χ3n) is 2.70. The van der Waals surface area contributed by atoms with Gasteiger partial charge in [-0.1, -0.05) is 26.7 Å². The number of rotatable bonds is 4. The van der Waals surface area contributed by atoms with E-state index in [4.69, 9.17) is 0 Å². The Bertz CT molecular complexity index is 209. The maximum absolute atomic E-state index is 11.3. The van der Waals surface area contributed by atoms with Crippen LogP contribution in [0.4, 0.5) is 0 Å². The molecule has 3 nitrogen and oxygen atoms in total. The predicted molar refractivity (Wildman–Crippen MR) is 50.3 cm³/mol. The molecule has 1 heterocycles. The fourth-order valence-electron chi connectivity index (χ4n) is 1.66. The number of carbonyl (C=O) groups is 2. The lowest BCUT2D eigenvalue weighted by atomic mass is 10.0. The molecular weight excluding hydrogens is 166 g/mol. The third kappa shape index (κ3) is 2.54. The fourth-order valence-corrected chi connectivity index (χ4v) is 1.66. The van der Waals surface area contributed by atoms with Crippen molar-refractivity contribution in [2.45, 2.75) is 33.1 Å². The van der Waals surface area contributed by atoms with Gasteiger partial charge in [-0.15, -0.1) is 0 Å². The third-order valence-corrected chi connectivity index (χ3v) is 2.70. The van der Waals surface area contributed by atoms with Crippen LogP contribution in [0.2, 0.25) is 0 Å². The van der Waals surface area contributed by atoms with Gasteiger partial charge in [-0.3, -0.25) is 9.59 Å². The zero-order valence-corrected chi connectivity index (χ0v) is 8.38. The van der Waals surface area contributed by atoms with Crippen LogP contribution in [0.3, 0.4) is 0 Å². The fraction of sp³-hybridized carbons (Fsp3) is 0.800. The topological polar surface area (TPSA) is 37.4 Å². The molecule has 1 aliphatic heterocycles. The van der Waals surface area contributed by atoms with E-state index in [1.807, 2.05) is 0 Å². The largest absolute Gasteiger partial charge is 0.335 e. The lowest BCUT2D eigenvalue weighted by molar-refractivity contribution is -0.128. The first-order valence-electron chi connectivity index (χ1n) is 4.96. The standard InChI is InChI=1S/C10H17NO2/c1-3-8(4-2)6-11-7-9(12)5-10(11)13/h8H,3-7H2,1-2H3. The van der Waals surface area contributed by atoms with Gasteiger partial charge < -0.3 is 4.90 Å². The molecule has 0 atom stereocenters. The first-order chi connectivity index (χ1) is 6.17. The van der Waals surface area contributed by atoms with Crippen molar-refractivity contribution in [3.63, 3.8) is 0 Å². The minimum Gasteiger partial charge on any atom is -0.335 e. The molecule has 0 spiro atoms. The van der Waals surface area contributed by atoms with Crippen LogP contribution in [0.1, 0.15) is 33.1 Å². The molecule has 0 radical (unpaired) electrons. The molecule has 1 aliphatic rings. The van der Waals surface area contributed by atoms with Gasteiger partial charge in [-0.25, -0.2) is 0 Å². The Morgan fingerprint density at radius 1 is 1.31 bits per heavy atom. The van der Waals surface area contributed by atoms with Gasteiger partial charge in [0, 0.05) is 6.54 Å². The second-order valence-electron chi connectivity index (χ2n) is 3.67. The van der Waals surface area contributed by atoms with Crippen LogP contribution in [0.25, 0.3) is 0 Å². The highest BCUT2D eigenvalue weighted by atomic mass is 16.2. The Labute approximate surface area is 79.1 Å². The van der Waals surface area contributed by atoms with Crippen molar-refractivity contribution in [1.82, 2.24) is 4.90 Å². The quantitative estimate of drug-likeness (QED) is 0.615. The molecule has 13 heavy (non-hydrogen) atoms. The van der Waals surface area contributed by atoms with E-state index in [-0.39, 0.29) is 18.1 Å². The van der Waals surface area contributed by atoms with Crippen LogP contribution >= 0.6 is 0 Å². The molecule has 3 heteroatoms. The molecule has 0 unspecified atom stereocenters. The van der Waals surface area contributed by atoms with Crippen LogP contribution in [-0.2, 0) is 9.59 Å². The van der Waals surface area contributed by atoms with E-state index in [1.54, 1.807) is 4.90 Å². The van der Waals surface area contributed by atoms with E-state index in [9.17, 15) is 9.59 Å². The Balaban J connectivity index is 2.44. The second kappa shape index (κ2) is 4.40. The molecule has 0 aromatic rings. The Morgan fingerprint density at radius 2 is 1.92 bits per heavy atom. The van der Waals surface area contributed by atoms with Crippen molar-refractivity contribution in [3.05, 3.63) is 0 Å². The molecule has 0 aromatic heterocycles. The van der Waals surface area contributed by atoms with Crippen molar-refractivity contribution >= 4 is 11.7 Å². The minimum atomic E-state index is 0.0110. The number of hydrogen-bond donors (Lipinski definition) is 0. The summed E-state index contributed by atoms with van der Waals surface area (Å²) in [7, 11) is 0. The van der Waals surface area contributed by atoms with Gasteiger partial charge in [0.05, 0.1) is 13.0 Å². The van der Waals surface area contributed by atoms with E-state index >= 15 is 0 Å². The number of carbonyl (C=O) groups excluding carboxylic acids is 2.